The van der Waals surface area contributed by atoms with E-state index in [-0.39, 0.29) is 29.5 Å². The average molecular weight is 401 g/mol. The molecule has 0 radical (unpaired) electrons. The fourth-order valence-electron chi connectivity index (χ4n) is 4.93. The fourth-order valence-corrected chi connectivity index (χ4v) is 6.64. The summed E-state index contributed by atoms with van der Waals surface area (Å²) >= 11 is 0. The standard InChI is InChI=1S/C20H36N2O4S/c1-2-26-15-17-8-11-21(12-9-17)14-20(23)22(18-6-4-3-5-7-18)19-10-13-27(24,25)16-19/h17-19H,2-16H2,1H3. The van der Waals surface area contributed by atoms with Crippen LogP contribution in [0.25, 0.3) is 0 Å². The summed E-state index contributed by atoms with van der Waals surface area (Å²) in [5, 5.41) is 0. The number of hydrogen-bond donors (Lipinski definition) is 0. The Morgan fingerprint density at radius 3 is 2.33 bits per heavy atom. The van der Waals surface area contributed by atoms with Crippen molar-refractivity contribution in [2.24, 2.45) is 5.92 Å². The number of ether oxygens (including phenoxy) is 1. The van der Waals surface area contributed by atoms with E-state index in [0.29, 0.717) is 18.9 Å². The molecule has 3 aliphatic rings. The number of amides is 1. The second-order valence-electron chi connectivity index (χ2n) is 8.53. The van der Waals surface area contributed by atoms with Gasteiger partial charge in [-0.15, -0.1) is 0 Å². The van der Waals surface area contributed by atoms with Crippen molar-refractivity contribution < 1.29 is 17.9 Å². The van der Waals surface area contributed by atoms with Gasteiger partial charge in [0.2, 0.25) is 5.91 Å². The lowest BCUT2D eigenvalue weighted by Crippen LogP contribution is -2.52. The molecule has 2 heterocycles. The molecule has 0 N–H and O–H groups in total. The first-order chi connectivity index (χ1) is 13.0. The van der Waals surface area contributed by atoms with E-state index in [2.05, 4.69) is 4.90 Å². The van der Waals surface area contributed by atoms with Crippen LogP contribution < -0.4 is 0 Å². The summed E-state index contributed by atoms with van der Waals surface area (Å²) in [4.78, 5) is 17.5. The maximum atomic E-state index is 13.2. The molecular weight excluding hydrogens is 364 g/mol. The molecule has 0 bridgehead atoms. The van der Waals surface area contributed by atoms with Crippen molar-refractivity contribution in [3.63, 3.8) is 0 Å². The van der Waals surface area contributed by atoms with Gasteiger partial charge in [-0.05, 0) is 58.0 Å². The average Bonchev–Trinajstić information content (AvgIpc) is 3.01. The number of hydrogen-bond acceptors (Lipinski definition) is 5. The summed E-state index contributed by atoms with van der Waals surface area (Å²) in [5.41, 5.74) is 0. The summed E-state index contributed by atoms with van der Waals surface area (Å²) in [6.45, 7) is 5.92. The molecule has 7 heteroatoms. The zero-order valence-corrected chi connectivity index (χ0v) is 17.6. The van der Waals surface area contributed by atoms with Gasteiger partial charge in [-0.1, -0.05) is 19.3 Å². The Kier molecular flexibility index (Phi) is 7.57. The zero-order valence-electron chi connectivity index (χ0n) is 16.8. The minimum atomic E-state index is -2.98. The van der Waals surface area contributed by atoms with E-state index < -0.39 is 9.84 Å². The molecule has 2 aliphatic heterocycles. The van der Waals surface area contributed by atoms with Crippen LogP contribution in [0.2, 0.25) is 0 Å². The molecule has 2 saturated heterocycles. The molecule has 1 amide bonds. The van der Waals surface area contributed by atoms with Crippen molar-refractivity contribution in [1.29, 1.82) is 0 Å². The highest BCUT2D eigenvalue weighted by Crippen LogP contribution is 2.29. The van der Waals surface area contributed by atoms with E-state index in [4.69, 9.17) is 4.74 Å². The van der Waals surface area contributed by atoms with E-state index in [1.54, 1.807) is 0 Å². The molecule has 6 nitrogen and oxygen atoms in total. The Bertz CT molecular complexity index is 581. The summed E-state index contributed by atoms with van der Waals surface area (Å²) in [5.74, 6) is 1.14. The molecule has 0 spiro atoms. The van der Waals surface area contributed by atoms with Crippen LogP contribution in [0.1, 0.15) is 58.3 Å². The van der Waals surface area contributed by atoms with Crippen molar-refractivity contribution >= 4 is 15.7 Å². The molecule has 156 valence electrons. The van der Waals surface area contributed by atoms with Crippen LogP contribution in [-0.2, 0) is 19.4 Å². The second-order valence-corrected chi connectivity index (χ2v) is 10.8. The van der Waals surface area contributed by atoms with Crippen LogP contribution in [-0.4, -0.2) is 80.6 Å². The minimum Gasteiger partial charge on any atom is -0.381 e. The number of carbonyl (C=O) groups excluding carboxylic acids is 1. The topological polar surface area (TPSA) is 66.9 Å². The predicted molar refractivity (Wildman–Crippen MR) is 106 cm³/mol. The maximum absolute atomic E-state index is 13.2. The summed E-state index contributed by atoms with van der Waals surface area (Å²) in [6.07, 6.45) is 8.35. The van der Waals surface area contributed by atoms with Gasteiger partial charge in [-0.3, -0.25) is 9.69 Å². The highest BCUT2D eigenvalue weighted by Gasteiger charge is 2.39. The molecule has 1 saturated carbocycles. The molecule has 0 aromatic rings. The van der Waals surface area contributed by atoms with Gasteiger partial charge in [0, 0.05) is 25.3 Å². The Morgan fingerprint density at radius 2 is 1.74 bits per heavy atom. The number of rotatable bonds is 7. The van der Waals surface area contributed by atoms with Gasteiger partial charge in [-0.25, -0.2) is 8.42 Å². The van der Waals surface area contributed by atoms with Crippen molar-refractivity contribution in [2.45, 2.75) is 70.4 Å². The van der Waals surface area contributed by atoms with Crippen molar-refractivity contribution in [3.05, 3.63) is 0 Å². The zero-order chi connectivity index (χ0) is 19.3. The third-order valence-corrected chi connectivity index (χ3v) is 8.23. The van der Waals surface area contributed by atoms with E-state index in [1.165, 1.54) is 6.42 Å². The Morgan fingerprint density at radius 1 is 1.04 bits per heavy atom. The molecule has 0 aromatic carbocycles. The quantitative estimate of drug-likeness (QED) is 0.655. The van der Waals surface area contributed by atoms with Gasteiger partial charge >= 0.3 is 0 Å². The molecule has 3 fully saturated rings. The minimum absolute atomic E-state index is 0.110. The molecule has 0 aromatic heterocycles. The number of piperidine rings is 1. The number of carbonyl (C=O) groups is 1. The van der Waals surface area contributed by atoms with E-state index in [0.717, 1.165) is 64.8 Å². The molecule has 1 aliphatic carbocycles. The number of sulfone groups is 1. The molecule has 1 atom stereocenters. The van der Waals surface area contributed by atoms with Crippen LogP contribution in [0.4, 0.5) is 0 Å². The van der Waals surface area contributed by atoms with Crippen molar-refractivity contribution in [1.82, 2.24) is 9.80 Å². The lowest BCUT2D eigenvalue weighted by atomic mass is 9.92. The molecule has 1 unspecified atom stereocenters. The van der Waals surface area contributed by atoms with Gasteiger partial charge < -0.3 is 9.64 Å². The first kappa shape index (κ1) is 21.1. The Labute approximate surface area is 164 Å². The third-order valence-electron chi connectivity index (χ3n) is 6.48. The summed E-state index contributed by atoms with van der Waals surface area (Å²) in [6, 6.07) is 0.126. The van der Waals surface area contributed by atoms with Gasteiger partial charge in [0.05, 0.1) is 18.1 Å². The smallest absolute Gasteiger partial charge is 0.237 e. The normalized spacial score (nSPS) is 27.7. The third kappa shape index (κ3) is 5.91. The highest BCUT2D eigenvalue weighted by atomic mass is 32.2. The van der Waals surface area contributed by atoms with Crippen LogP contribution in [0.3, 0.4) is 0 Å². The number of nitrogens with zero attached hydrogens (tertiary/aromatic N) is 2. The summed E-state index contributed by atoms with van der Waals surface area (Å²) in [7, 11) is -2.98. The van der Waals surface area contributed by atoms with Gasteiger partial charge in [-0.2, -0.15) is 0 Å². The largest absolute Gasteiger partial charge is 0.381 e. The van der Waals surface area contributed by atoms with E-state index in [1.807, 2.05) is 11.8 Å². The molecular formula is C20H36N2O4S. The van der Waals surface area contributed by atoms with Gasteiger partial charge in [0.15, 0.2) is 9.84 Å². The van der Waals surface area contributed by atoms with Crippen LogP contribution in [0.15, 0.2) is 0 Å². The fraction of sp³-hybridized carbons (Fsp3) is 0.950. The number of likely N-dealkylation sites (tertiary alicyclic amines) is 1. The van der Waals surface area contributed by atoms with Gasteiger partial charge in [0.25, 0.3) is 0 Å². The van der Waals surface area contributed by atoms with Crippen LogP contribution in [0.5, 0.6) is 0 Å². The Hall–Kier alpha value is -0.660. The van der Waals surface area contributed by atoms with Crippen molar-refractivity contribution in [3.8, 4) is 0 Å². The van der Waals surface area contributed by atoms with Crippen LogP contribution >= 0.6 is 0 Å². The molecule has 27 heavy (non-hydrogen) atoms. The lowest BCUT2D eigenvalue weighted by molar-refractivity contribution is -0.138. The highest BCUT2D eigenvalue weighted by molar-refractivity contribution is 7.91. The Balaban J connectivity index is 1.58. The van der Waals surface area contributed by atoms with E-state index in [9.17, 15) is 13.2 Å². The van der Waals surface area contributed by atoms with Gasteiger partial charge in [0.1, 0.15) is 0 Å². The lowest BCUT2D eigenvalue weighted by Gasteiger charge is -2.40. The van der Waals surface area contributed by atoms with Crippen LogP contribution in [0, 0.1) is 5.92 Å². The molecule has 3 rings (SSSR count). The van der Waals surface area contributed by atoms with E-state index >= 15 is 0 Å². The SMILES string of the molecule is CCOCC1CCN(CC(=O)N(C2CCCCC2)C2CCS(=O)(=O)C2)CC1. The second kappa shape index (κ2) is 9.70. The van der Waals surface area contributed by atoms with Crippen molar-refractivity contribution in [2.75, 3.05) is 44.4 Å². The first-order valence-electron chi connectivity index (χ1n) is 10.8. The monoisotopic (exact) mass is 400 g/mol. The predicted octanol–water partition coefficient (Wildman–Crippen LogP) is 2.08. The first-order valence-corrected chi connectivity index (χ1v) is 12.6. The summed E-state index contributed by atoms with van der Waals surface area (Å²) < 4.78 is 29.5. The maximum Gasteiger partial charge on any atom is 0.237 e.